The molecule has 0 aliphatic carbocycles. The Morgan fingerprint density at radius 3 is 2.79 bits per heavy atom. The van der Waals surface area contributed by atoms with Crippen LogP contribution < -0.4 is 15.2 Å². The lowest BCUT2D eigenvalue weighted by Gasteiger charge is -2.12. The van der Waals surface area contributed by atoms with Crippen molar-refractivity contribution in [2.24, 2.45) is 5.14 Å². The highest BCUT2D eigenvalue weighted by atomic mass is 32.2. The van der Waals surface area contributed by atoms with Crippen molar-refractivity contribution < 1.29 is 22.7 Å². The van der Waals surface area contributed by atoms with E-state index in [0.717, 1.165) is 10.4 Å². The van der Waals surface area contributed by atoms with Crippen LogP contribution in [0.2, 0.25) is 0 Å². The number of benzene rings is 1. The summed E-state index contributed by atoms with van der Waals surface area (Å²) in [6.45, 7) is 3.36. The van der Waals surface area contributed by atoms with Crippen molar-refractivity contribution >= 4 is 33.3 Å². The second kappa shape index (κ2) is 11.0. The van der Waals surface area contributed by atoms with Crippen LogP contribution in [-0.2, 0) is 26.0 Å². The molecular weight excluding hydrogens is 400 g/mol. The molecule has 0 saturated carbocycles. The number of rotatable bonds is 11. The van der Waals surface area contributed by atoms with Crippen LogP contribution in [-0.4, -0.2) is 40.7 Å². The second-order valence-electron chi connectivity index (χ2n) is 5.76. The molecule has 0 atom stereocenters. The number of carbonyl (C=O) groups excluding carboxylic acids is 1. The standard InChI is InChI=1S/C19H24N2O5S2/c1-2-25-11-12-26-17-7-5-15(14-18(17)28(20,23)24)9-10-21-19(22)8-6-16-4-3-13-27-16/h3-8,13-14H,2,9-12H2,1H3,(H,21,22)(H2,20,23,24)/b8-6+. The predicted molar refractivity (Wildman–Crippen MR) is 110 cm³/mol. The van der Waals surface area contributed by atoms with E-state index in [0.29, 0.717) is 26.2 Å². The fourth-order valence-corrected chi connectivity index (χ4v) is 3.68. The number of sulfonamides is 1. The van der Waals surface area contributed by atoms with Gasteiger partial charge < -0.3 is 14.8 Å². The van der Waals surface area contributed by atoms with Gasteiger partial charge in [-0.25, -0.2) is 13.6 Å². The van der Waals surface area contributed by atoms with E-state index in [9.17, 15) is 13.2 Å². The molecule has 9 heteroatoms. The molecule has 2 rings (SSSR count). The van der Waals surface area contributed by atoms with Gasteiger partial charge >= 0.3 is 0 Å². The Kier molecular flexibility index (Phi) is 8.65. The SMILES string of the molecule is CCOCCOc1ccc(CCNC(=O)/C=C/c2cccs2)cc1S(N)(=O)=O. The van der Waals surface area contributed by atoms with Crippen LogP contribution >= 0.6 is 11.3 Å². The highest BCUT2D eigenvalue weighted by molar-refractivity contribution is 7.89. The summed E-state index contributed by atoms with van der Waals surface area (Å²) >= 11 is 1.54. The highest BCUT2D eigenvalue weighted by Crippen LogP contribution is 2.24. The summed E-state index contributed by atoms with van der Waals surface area (Å²) in [4.78, 5) is 12.8. The third kappa shape index (κ3) is 7.43. The summed E-state index contributed by atoms with van der Waals surface area (Å²) in [6.07, 6.45) is 3.67. The van der Waals surface area contributed by atoms with Gasteiger partial charge in [0.05, 0.1) is 6.61 Å². The lowest BCUT2D eigenvalue weighted by atomic mass is 10.1. The lowest BCUT2D eigenvalue weighted by molar-refractivity contribution is -0.116. The zero-order valence-corrected chi connectivity index (χ0v) is 17.2. The first-order valence-electron chi connectivity index (χ1n) is 8.76. The molecule has 2 aromatic rings. The van der Waals surface area contributed by atoms with Crippen molar-refractivity contribution in [2.75, 3.05) is 26.4 Å². The molecule has 1 heterocycles. The van der Waals surface area contributed by atoms with Gasteiger partial charge in [0, 0.05) is 24.1 Å². The van der Waals surface area contributed by atoms with E-state index in [2.05, 4.69) is 5.32 Å². The molecule has 28 heavy (non-hydrogen) atoms. The number of amides is 1. The summed E-state index contributed by atoms with van der Waals surface area (Å²) < 4.78 is 34.4. The van der Waals surface area contributed by atoms with Gasteiger partial charge in [-0.15, -0.1) is 11.3 Å². The molecule has 152 valence electrons. The summed E-state index contributed by atoms with van der Waals surface area (Å²) in [6, 6.07) is 8.62. The van der Waals surface area contributed by atoms with Gasteiger partial charge in [0.1, 0.15) is 17.3 Å². The molecule has 0 fully saturated rings. The van der Waals surface area contributed by atoms with Crippen LogP contribution in [0.3, 0.4) is 0 Å². The Bertz CT molecular complexity index is 893. The van der Waals surface area contributed by atoms with Crippen molar-refractivity contribution in [3.63, 3.8) is 0 Å². The minimum Gasteiger partial charge on any atom is -0.490 e. The molecule has 0 aliphatic rings. The Morgan fingerprint density at radius 2 is 2.11 bits per heavy atom. The van der Waals surface area contributed by atoms with Gasteiger partial charge in [0.15, 0.2) is 0 Å². The monoisotopic (exact) mass is 424 g/mol. The van der Waals surface area contributed by atoms with Crippen molar-refractivity contribution in [2.45, 2.75) is 18.2 Å². The van der Waals surface area contributed by atoms with E-state index < -0.39 is 10.0 Å². The average Bonchev–Trinajstić information content (AvgIpc) is 3.17. The summed E-state index contributed by atoms with van der Waals surface area (Å²) in [5, 5.41) is 10.0. The Labute approximate surface area is 169 Å². The molecule has 1 aromatic carbocycles. The number of primary sulfonamides is 1. The van der Waals surface area contributed by atoms with Crippen molar-refractivity contribution in [3.05, 3.63) is 52.2 Å². The van der Waals surface area contributed by atoms with Gasteiger partial charge in [-0.05, 0) is 48.6 Å². The van der Waals surface area contributed by atoms with Crippen LogP contribution in [0, 0.1) is 0 Å². The fourth-order valence-electron chi connectivity index (χ4n) is 2.34. The third-order valence-electron chi connectivity index (χ3n) is 3.66. The first kappa shape index (κ1) is 22.1. The fraction of sp³-hybridized carbons (Fsp3) is 0.316. The minimum atomic E-state index is -3.94. The van der Waals surface area contributed by atoms with Crippen molar-refractivity contribution in [3.8, 4) is 5.75 Å². The maximum atomic E-state index is 11.9. The predicted octanol–water partition coefficient (Wildman–Crippen LogP) is 2.18. The largest absolute Gasteiger partial charge is 0.490 e. The molecule has 7 nitrogen and oxygen atoms in total. The molecule has 0 spiro atoms. The third-order valence-corrected chi connectivity index (χ3v) is 5.43. The molecule has 0 unspecified atom stereocenters. The van der Waals surface area contributed by atoms with Gasteiger partial charge in [-0.2, -0.15) is 0 Å². The molecule has 1 amide bonds. The molecule has 0 saturated heterocycles. The molecule has 0 radical (unpaired) electrons. The van der Waals surface area contributed by atoms with E-state index in [4.69, 9.17) is 14.6 Å². The van der Waals surface area contributed by atoms with Crippen LogP contribution in [0.1, 0.15) is 17.4 Å². The molecule has 1 aromatic heterocycles. The van der Waals surface area contributed by atoms with Crippen LogP contribution in [0.25, 0.3) is 6.08 Å². The number of hydrogen-bond donors (Lipinski definition) is 2. The number of nitrogens with two attached hydrogens (primary N) is 1. The van der Waals surface area contributed by atoms with Crippen molar-refractivity contribution in [1.29, 1.82) is 0 Å². The Balaban J connectivity index is 1.93. The van der Waals surface area contributed by atoms with Gasteiger partial charge in [0.2, 0.25) is 15.9 Å². The van der Waals surface area contributed by atoms with Gasteiger partial charge in [-0.1, -0.05) is 12.1 Å². The maximum Gasteiger partial charge on any atom is 0.244 e. The normalized spacial score (nSPS) is 11.6. The Hall–Kier alpha value is -2.20. The molecule has 3 N–H and O–H groups in total. The Morgan fingerprint density at radius 1 is 1.29 bits per heavy atom. The number of thiophene rings is 1. The minimum absolute atomic E-state index is 0.0783. The average molecular weight is 425 g/mol. The zero-order chi connectivity index (χ0) is 20.4. The van der Waals surface area contributed by atoms with Gasteiger partial charge in [0.25, 0.3) is 0 Å². The smallest absolute Gasteiger partial charge is 0.244 e. The van der Waals surface area contributed by atoms with E-state index in [1.54, 1.807) is 29.5 Å². The van der Waals surface area contributed by atoms with E-state index in [-0.39, 0.29) is 23.2 Å². The lowest BCUT2D eigenvalue weighted by Crippen LogP contribution is -2.23. The van der Waals surface area contributed by atoms with Crippen molar-refractivity contribution in [1.82, 2.24) is 5.32 Å². The van der Waals surface area contributed by atoms with Crippen LogP contribution in [0.15, 0.2) is 46.7 Å². The van der Waals surface area contributed by atoms with Crippen LogP contribution in [0.4, 0.5) is 0 Å². The number of carbonyl (C=O) groups is 1. The van der Waals surface area contributed by atoms with E-state index in [1.165, 1.54) is 12.1 Å². The number of ether oxygens (including phenoxy) is 2. The quantitative estimate of drug-likeness (QED) is 0.425. The zero-order valence-electron chi connectivity index (χ0n) is 15.6. The topological polar surface area (TPSA) is 108 Å². The molecule has 0 aliphatic heterocycles. The molecular formula is C19H24N2O5S2. The van der Waals surface area contributed by atoms with Crippen LogP contribution in [0.5, 0.6) is 5.75 Å². The summed E-state index contributed by atoms with van der Waals surface area (Å²) in [5.41, 5.74) is 0.726. The maximum absolute atomic E-state index is 11.9. The number of nitrogens with one attached hydrogen (secondary N) is 1. The summed E-state index contributed by atoms with van der Waals surface area (Å²) in [7, 11) is -3.94. The summed E-state index contributed by atoms with van der Waals surface area (Å²) in [5.74, 6) is -0.0233. The van der Waals surface area contributed by atoms with E-state index >= 15 is 0 Å². The van der Waals surface area contributed by atoms with Gasteiger partial charge in [-0.3, -0.25) is 4.79 Å². The first-order chi connectivity index (χ1) is 13.4. The van der Waals surface area contributed by atoms with E-state index in [1.807, 2.05) is 24.4 Å². The second-order valence-corrected chi connectivity index (χ2v) is 8.27. The first-order valence-corrected chi connectivity index (χ1v) is 11.2. The number of hydrogen-bond acceptors (Lipinski definition) is 6. The molecule has 0 bridgehead atoms. The highest BCUT2D eigenvalue weighted by Gasteiger charge is 2.16.